The minimum atomic E-state index is -4.33. The third-order valence-electron chi connectivity index (χ3n) is 2.15. The molecule has 1 rings (SSSR count). The Bertz CT molecular complexity index is 361. The van der Waals surface area contributed by atoms with Crippen molar-refractivity contribution < 1.29 is 17.9 Å². The molecule has 2 nitrogen and oxygen atoms in total. The van der Waals surface area contributed by atoms with E-state index in [1.165, 1.54) is 13.2 Å². The Labute approximate surface area is 92.2 Å². The van der Waals surface area contributed by atoms with E-state index < -0.39 is 11.7 Å². The average Bonchev–Trinajstić information content (AvgIpc) is 2.15. The lowest BCUT2D eigenvalue weighted by Crippen LogP contribution is -2.18. The molecule has 1 aromatic rings. The fourth-order valence-corrected chi connectivity index (χ4v) is 1.46. The number of ether oxygens (including phenoxy) is 1. The van der Waals surface area contributed by atoms with Gasteiger partial charge in [-0.25, -0.2) is 0 Å². The third kappa shape index (κ3) is 3.13. The maximum absolute atomic E-state index is 12.5. The topological polar surface area (TPSA) is 35.2 Å². The van der Waals surface area contributed by atoms with E-state index in [9.17, 15) is 13.2 Å². The van der Waals surface area contributed by atoms with Crippen LogP contribution < -0.4 is 10.5 Å². The monoisotopic (exact) mass is 233 g/mol. The Morgan fingerprint density at radius 2 is 2.00 bits per heavy atom. The summed E-state index contributed by atoms with van der Waals surface area (Å²) < 4.78 is 42.4. The zero-order valence-corrected chi connectivity index (χ0v) is 9.14. The summed E-state index contributed by atoms with van der Waals surface area (Å²) in [7, 11) is 1.42. The summed E-state index contributed by atoms with van der Waals surface area (Å²) >= 11 is 0. The van der Waals surface area contributed by atoms with Crippen LogP contribution in [-0.4, -0.2) is 13.2 Å². The van der Waals surface area contributed by atoms with Crippen LogP contribution in [0.3, 0.4) is 0 Å². The smallest absolute Gasteiger partial charge is 0.416 e. The quantitative estimate of drug-likeness (QED) is 0.870. The van der Waals surface area contributed by atoms with E-state index in [1.54, 1.807) is 6.92 Å². The molecule has 0 fully saturated rings. The van der Waals surface area contributed by atoms with Crippen molar-refractivity contribution in [2.24, 2.45) is 5.73 Å². The predicted molar refractivity (Wildman–Crippen MR) is 55.3 cm³/mol. The van der Waals surface area contributed by atoms with Gasteiger partial charge in [-0.1, -0.05) is 0 Å². The van der Waals surface area contributed by atoms with Gasteiger partial charge in [-0.15, -0.1) is 0 Å². The van der Waals surface area contributed by atoms with Crippen LogP contribution in [0.15, 0.2) is 18.2 Å². The summed E-state index contributed by atoms with van der Waals surface area (Å²) in [5, 5.41) is 0. The van der Waals surface area contributed by atoms with Gasteiger partial charge in [0.05, 0.1) is 12.7 Å². The van der Waals surface area contributed by atoms with E-state index in [0.29, 0.717) is 17.7 Å². The van der Waals surface area contributed by atoms with Gasteiger partial charge >= 0.3 is 6.18 Å². The van der Waals surface area contributed by atoms with Crippen LogP contribution in [0.25, 0.3) is 0 Å². The number of nitrogens with two attached hydrogens (primary N) is 1. The van der Waals surface area contributed by atoms with Crippen LogP contribution in [0.2, 0.25) is 0 Å². The molecule has 0 saturated heterocycles. The zero-order chi connectivity index (χ0) is 12.3. The number of methoxy groups -OCH3 is 1. The van der Waals surface area contributed by atoms with Gasteiger partial charge in [-0.3, -0.25) is 0 Å². The van der Waals surface area contributed by atoms with Gasteiger partial charge in [0.25, 0.3) is 0 Å². The van der Waals surface area contributed by atoms with Gasteiger partial charge in [-0.05, 0) is 37.1 Å². The Kier molecular flexibility index (Phi) is 3.80. The van der Waals surface area contributed by atoms with E-state index in [1.807, 2.05) is 0 Å². The van der Waals surface area contributed by atoms with Crippen molar-refractivity contribution in [3.63, 3.8) is 0 Å². The van der Waals surface area contributed by atoms with E-state index >= 15 is 0 Å². The molecule has 0 aliphatic rings. The number of benzene rings is 1. The first-order valence-electron chi connectivity index (χ1n) is 4.84. The summed E-state index contributed by atoms with van der Waals surface area (Å²) in [5.74, 6) is 0.435. The Morgan fingerprint density at radius 3 is 2.44 bits per heavy atom. The van der Waals surface area contributed by atoms with Gasteiger partial charge in [0.1, 0.15) is 5.75 Å². The molecule has 2 N–H and O–H groups in total. The van der Waals surface area contributed by atoms with Gasteiger partial charge in [0.15, 0.2) is 0 Å². The third-order valence-corrected chi connectivity index (χ3v) is 2.15. The molecule has 0 unspecified atom stereocenters. The molecule has 0 bridgehead atoms. The summed E-state index contributed by atoms with van der Waals surface area (Å²) in [6, 6.07) is 3.20. The maximum Gasteiger partial charge on any atom is 0.416 e. The highest BCUT2D eigenvalue weighted by molar-refractivity contribution is 5.38. The zero-order valence-electron chi connectivity index (χ0n) is 9.14. The molecule has 0 radical (unpaired) electrons. The molecular formula is C11H14F3NO. The highest BCUT2D eigenvalue weighted by Crippen LogP contribution is 2.32. The minimum absolute atomic E-state index is 0.211. The van der Waals surface area contributed by atoms with Crippen LogP contribution in [0.5, 0.6) is 5.75 Å². The van der Waals surface area contributed by atoms with Crippen molar-refractivity contribution in [1.82, 2.24) is 0 Å². The molecule has 1 atom stereocenters. The summed E-state index contributed by atoms with van der Waals surface area (Å²) in [6.45, 7) is 1.74. The van der Waals surface area contributed by atoms with Crippen molar-refractivity contribution in [1.29, 1.82) is 0 Å². The molecule has 90 valence electrons. The average molecular weight is 233 g/mol. The van der Waals surface area contributed by atoms with Crippen molar-refractivity contribution in [3.8, 4) is 5.75 Å². The van der Waals surface area contributed by atoms with E-state index in [0.717, 1.165) is 12.1 Å². The second kappa shape index (κ2) is 4.74. The van der Waals surface area contributed by atoms with Crippen LogP contribution in [0, 0.1) is 0 Å². The lowest BCUT2D eigenvalue weighted by molar-refractivity contribution is -0.137. The van der Waals surface area contributed by atoms with Crippen LogP contribution >= 0.6 is 0 Å². The van der Waals surface area contributed by atoms with E-state index in [4.69, 9.17) is 10.5 Å². The molecule has 0 heterocycles. The second-order valence-corrected chi connectivity index (χ2v) is 3.71. The van der Waals surface area contributed by atoms with Crippen LogP contribution in [0.4, 0.5) is 13.2 Å². The molecule has 0 aliphatic carbocycles. The van der Waals surface area contributed by atoms with Crippen molar-refractivity contribution in [2.75, 3.05) is 7.11 Å². The lowest BCUT2D eigenvalue weighted by Gasteiger charge is -2.14. The number of halogens is 3. The summed E-state index contributed by atoms with van der Waals surface area (Å²) in [6.07, 6.45) is -3.98. The lowest BCUT2D eigenvalue weighted by atomic mass is 10.0. The first-order valence-corrected chi connectivity index (χ1v) is 4.84. The van der Waals surface area contributed by atoms with Gasteiger partial charge in [0, 0.05) is 6.04 Å². The molecule has 16 heavy (non-hydrogen) atoms. The largest absolute Gasteiger partial charge is 0.496 e. The highest BCUT2D eigenvalue weighted by Gasteiger charge is 2.31. The summed E-state index contributed by atoms with van der Waals surface area (Å²) in [4.78, 5) is 0. The van der Waals surface area contributed by atoms with Crippen molar-refractivity contribution >= 4 is 0 Å². The highest BCUT2D eigenvalue weighted by atomic mass is 19.4. The first-order chi connectivity index (χ1) is 7.34. The molecular weight excluding hydrogens is 219 g/mol. The second-order valence-electron chi connectivity index (χ2n) is 3.71. The Morgan fingerprint density at radius 1 is 1.38 bits per heavy atom. The predicted octanol–water partition coefficient (Wildman–Crippen LogP) is 2.60. The number of rotatable bonds is 3. The molecule has 0 aromatic heterocycles. The molecule has 0 amide bonds. The Balaban J connectivity index is 3.11. The molecule has 5 heteroatoms. The van der Waals surface area contributed by atoms with Crippen molar-refractivity contribution in [2.45, 2.75) is 25.6 Å². The fraction of sp³-hybridized carbons (Fsp3) is 0.455. The first kappa shape index (κ1) is 12.8. The minimum Gasteiger partial charge on any atom is -0.496 e. The molecule has 0 spiro atoms. The SMILES string of the molecule is COc1ccc(C(F)(F)F)cc1C[C@H](C)N. The number of hydrogen-bond acceptors (Lipinski definition) is 2. The standard InChI is InChI=1S/C11H14F3NO/c1-7(15)5-8-6-9(11(12,13)14)3-4-10(8)16-2/h3-4,6-7H,5,15H2,1-2H3/t7-/m0/s1. The van der Waals surface area contributed by atoms with Crippen LogP contribution in [-0.2, 0) is 12.6 Å². The molecule has 1 aromatic carbocycles. The van der Waals surface area contributed by atoms with E-state index in [2.05, 4.69) is 0 Å². The maximum atomic E-state index is 12.5. The van der Waals surface area contributed by atoms with Gasteiger partial charge < -0.3 is 10.5 Å². The van der Waals surface area contributed by atoms with Crippen molar-refractivity contribution in [3.05, 3.63) is 29.3 Å². The van der Waals surface area contributed by atoms with Crippen LogP contribution in [0.1, 0.15) is 18.1 Å². The number of hydrogen-bond donors (Lipinski definition) is 1. The van der Waals surface area contributed by atoms with Gasteiger partial charge in [0.2, 0.25) is 0 Å². The molecule has 0 saturated carbocycles. The molecule has 0 aliphatic heterocycles. The summed E-state index contributed by atoms with van der Waals surface area (Å²) in [5.41, 5.74) is 5.37. The van der Waals surface area contributed by atoms with Gasteiger partial charge in [-0.2, -0.15) is 13.2 Å². The number of alkyl halides is 3. The van der Waals surface area contributed by atoms with E-state index in [-0.39, 0.29) is 6.04 Å². The fourth-order valence-electron chi connectivity index (χ4n) is 1.46. The Hall–Kier alpha value is -1.23. The normalized spacial score (nSPS) is 13.6.